The van der Waals surface area contributed by atoms with Crippen molar-refractivity contribution in [2.45, 2.75) is 31.2 Å². The summed E-state index contributed by atoms with van der Waals surface area (Å²) in [6.45, 7) is 1.52. The zero-order valence-electron chi connectivity index (χ0n) is 16.4. The van der Waals surface area contributed by atoms with Crippen LogP contribution in [0.4, 0.5) is 13.2 Å². The summed E-state index contributed by atoms with van der Waals surface area (Å²) in [5, 5.41) is 11.5. The van der Waals surface area contributed by atoms with E-state index in [1.54, 1.807) is 0 Å². The van der Waals surface area contributed by atoms with Gasteiger partial charge in [-0.1, -0.05) is 42.5 Å². The van der Waals surface area contributed by atoms with E-state index in [-0.39, 0.29) is 18.8 Å². The van der Waals surface area contributed by atoms with Gasteiger partial charge < -0.3 is 19.9 Å². The third-order valence-electron chi connectivity index (χ3n) is 4.46. The van der Waals surface area contributed by atoms with Gasteiger partial charge in [-0.3, -0.25) is 4.79 Å². The summed E-state index contributed by atoms with van der Waals surface area (Å²) in [6, 6.07) is 10.7. The van der Waals surface area contributed by atoms with Crippen molar-refractivity contribution in [2.24, 2.45) is 0 Å². The van der Waals surface area contributed by atoms with Crippen LogP contribution in [0.15, 0.2) is 54.6 Å². The van der Waals surface area contributed by atoms with Crippen molar-refractivity contribution in [2.75, 3.05) is 13.7 Å². The predicted molar refractivity (Wildman–Crippen MR) is 102 cm³/mol. The molecule has 6 nitrogen and oxygen atoms in total. The van der Waals surface area contributed by atoms with Crippen LogP contribution in [0.3, 0.4) is 0 Å². The maximum absolute atomic E-state index is 14.1. The number of carbonyl (C=O) groups is 2. The Kier molecular flexibility index (Phi) is 7.44. The van der Waals surface area contributed by atoms with Crippen molar-refractivity contribution >= 4 is 11.9 Å². The fourth-order valence-corrected chi connectivity index (χ4v) is 2.99. The van der Waals surface area contributed by atoms with Gasteiger partial charge in [-0.15, -0.1) is 0 Å². The number of phenols is 1. The van der Waals surface area contributed by atoms with Crippen LogP contribution in [0.2, 0.25) is 0 Å². The van der Waals surface area contributed by atoms with Gasteiger partial charge in [0.2, 0.25) is 0 Å². The van der Waals surface area contributed by atoms with Crippen molar-refractivity contribution in [3.05, 3.63) is 65.7 Å². The first-order chi connectivity index (χ1) is 14.2. The molecule has 2 aromatic rings. The molecular formula is C21H22F3NO5. The quantitative estimate of drug-likeness (QED) is 0.635. The van der Waals surface area contributed by atoms with E-state index in [2.05, 4.69) is 5.32 Å². The topological polar surface area (TPSA) is 84.9 Å². The number of hydrogen-bond acceptors (Lipinski definition) is 5. The minimum absolute atomic E-state index is 0.0185. The van der Waals surface area contributed by atoms with E-state index in [0.717, 1.165) is 19.2 Å². The molecule has 2 N–H and O–H groups in total. The van der Waals surface area contributed by atoms with Crippen LogP contribution in [0.5, 0.6) is 5.75 Å². The molecule has 2 rings (SSSR count). The van der Waals surface area contributed by atoms with Crippen LogP contribution >= 0.6 is 0 Å². The van der Waals surface area contributed by atoms with Crippen molar-refractivity contribution in [1.29, 1.82) is 0 Å². The second-order valence-corrected chi connectivity index (χ2v) is 6.40. The highest BCUT2D eigenvalue weighted by Crippen LogP contribution is 2.42. The number of hydrogen-bond donors (Lipinski definition) is 2. The van der Waals surface area contributed by atoms with E-state index < -0.39 is 35.3 Å². The number of amides is 1. The Balaban J connectivity index is 2.41. The molecule has 2 aromatic carbocycles. The standard InChI is InChI=1S/C21H22F3NO5/c1-3-30-18(27)17(13-14-9-11-16(26)12-10-14)25-19(28)20(29-2,21(22,23)24)15-7-5-4-6-8-15/h4-12,17,26H,3,13H2,1-2H3,(H,25,28)/t17-,20-/m0/s1. The minimum Gasteiger partial charge on any atom is -0.508 e. The van der Waals surface area contributed by atoms with Gasteiger partial charge in [0, 0.05) is 19.1 Å². The van der Waals surface area contributed by atoms with Crippen molar-refractivity contribution in [3.8, 4) is 5.75 Å². The molecule has 0 fully saturated rings. The molecule has 9 heteroatoms. The third kappa shape index (κ3) is 4.91. The van der Waals surface area contributed by atoms with Gasteiger partial charge in [-0.05, 0) is 24.6 Å². The van der Waals surface area contributed by atoms with Gasteiger partial charge in [0.05, 0.1) is 6.61 Å². The highest BCUT2D eigenvalue weighted by atomic mass is 19.4. The Bertz CT molecular complexity index is 855. The Morgan fingerprint density at radius 1 is 1.07 bits per heavy atom. The minimum atomic E-state index is -5.11. The highest BCUT2D eigenvalue weighted by molar-refractivity contribution is 5.91. The maximum Gasteiger partial charge on any atom is 0.430 e. The van der Waals surface area contributed by atoms with Gasteiger partial charge >= 0.3 is 12.1 Å². The smallest absolute Gasteiger partial charge is 0.430 e. The molecule has 0 saturated carbocycles. The molecule has 2 atom stereocenters. The lowest BCUT2D eigenvalue weighted by Crippen LogP contribution is -2.59. The van der Waals surface area contributed by atoms with Crippen molar-refractivity contribution in [1.82, 2.24) is 5.32 Å². The van der Waals surface area contributed by atoms with E-state index in [1.165, 1.54) is 49.4 Å². The fourth-order valence-electron chi connectivity index (χ4n) is 2.99. The van der Waals surface area contributed by atoms with E-state index in [9.17, 15) is 27.9 Å². The van der Waals surface area contributed by atoms with Gasteiger partial charge in [0.25, 0.3) is 11.5 Å². The average Bonchev–Trinajstić information content (AvgIpc) is 2.70. The molecule has 0 bridgehead atoms. The number of halogens is 3. The Morgan fingerprint density at radius 2 is 1.67 bits per heavy atom. The van der Waals surface area contributed by atoms with E-state index in [1.807, 2.05) is 0 Å². The molecule has 0 unspecified atom stereocenters. The third-order valence-corrected chi connectivity index (χ3v) is 4.46. The zero-order valence-corrected chi connectivity index (χ0v) is 16.4. The largest absolute Gasteiger partial charge is 0.508 e. The van der Waals surface area contributed by atoms with E-state index in [4.69, 9.17) is 9.47 Å². The van der Waals surface area contributed by atoms with E-state index >= 15 is 0 Å². The summed E-state index contributed by atoms with van der Waals surface area (Å²) < 4.78 is 51.8. The maximum atomic E-state index is 14.1. The summed E-state index contributed by atoms with van der Waals surface area (Å²) in [4.78, 5) is 25.2. The number of rotatable bonds is 8. The van der Waals surface area contributed by atoms with Crippen molar-refractivity contribution in [3.63, 3.8) is 0 Å². The molecule has 0 aliphatic rings. The Hall–Kier alpha value is -3.07. The van der Waals surface area contributed by atoms with Gasteiger partial charge in [0.1, 0.15) is 11.8 Å². The first-order valence-corrected chi connectivity index (χ1v) is 9.08. The molecule has 162 valence electrons. The highest BCUT2D eigenvalue weighted by Gasteiger charge is 2.63. The second-order valence-electron chi connectivity index (χ2n) is 6.40. The molecule has 0 aromatic heterocycles. The monoisotopic (exact) mass is 425 g/mol. The number of methoxy groups -OCH3 is 1. The number of alkyl halides is 3. The van der Waals surface area contributed by atoms with Gasteiger partial charge in [-0.25, -0.2) is 4.79 Å². The van der Waals surface area contributed by atoms with Gasteiger partial charge in [-0.2, -0.15) is 13.2 Å². The predicted octanol–water partition coefficient (Wildman–Crippen LogP) is 3.09. The molecule has 30 heavy (non-hydrogen) atoms. The van der Waals surface area contributed by atoms with E-state index in [0.29, 0.717) is 5.56 Å². The first kappa shape index (κ1) is 23.2. The molecular weight excluding hydrogens is 403 g/mol. The molecule has 0 radical (unpaired) electrons. The molecule has 0 aliphatic heterocycles. The van der Waals surface area contributed by atoms with Crippen LogP contribution in [-0.4, -0.2) is 42.9 Å². The number of nitrogens with one attached hydrogen (secondary N) is 1. The fraction of sp³-hybridized carbons (Fsp3) is 0.333. The number of aromatic hydroxyl groups is 1. The summed E-state index contributed by atoms with van der Waals surface area (Å²) in [6.07, 6.45) is -5.25. The van der Waals surface area contributed by atoms with Crippen LogP contribution in [0, 0.1) is 0 Å². The number of benzene rings is 2. The Labute approximate surface area is 171 Å². The summed E-state index contributed by atoms with van der Waals surface area (Å²) in [7, 11) is 0.777. The van der Waals surface area contributed by atoms with Crippen LogP contribution in [0.25, 0.3) is 0 Å². The lowest BCUT2D eigenvalue weighted by molar-refractivity contribution is -0.266. The molecule has 0 aliphatic carbocycles. The number of esters is 1. The number of phenolic OH excluding ortho intramolecular Hbond substituents is 1. The summed E-state index contributed by atoms with van der Waals surface area (Å²) in [5.74, 6) is -2.45. The van der Waals surface area contributed by atoms with Crippen LogP contribution < -0.4 is 5.32 Å². The summed E-state index contributed by atoms with van der Waals surface area (Å²) >= 11 is 0. The van der Waals surface area contributed by atoms with Crippen LogP contribution in [0.1, 0.15) is 18.1 Å². The van der Waals surface area contributed by atoms with Crippen LogP contribution in [-0.2, 0) is 31.1 Å². The molecule has 0 heterocycles. The summed E-state index contributed by atoms with van der Waals surface area (Å²) in [5.41, 5.74) is -3.24. The lowest BCUT2D eigenvalue weighted by Gasteiger charge is -2.34. The normalized spacial score (nSPS) is 14.4. The first-order valence-electron chi connectivity index (χ1n) is 9.08. The zero-order chi connectivity index (χ0) is 22.4. The second kappa shape index (κ2) is 9.62. The molecule has 0 saturated heterocycles. The SMILES string of the molecule is CCOC(=O)[C@H](Cc1ccc(O)cc1)NC(=O)[C@@](OC)(c1ccccc1)C(F)(F)F. The molecule has 0 spiro atoms. The van der Waals surface area contributed by atoms with Gasteiger partial charge in [0.15, 0.2) is 0 Å². The lowest BCUT2D eigenvalue weighted by atomic mass is 9.91. The number of carbonyl (C=O) groups excluding carboxylic acids is 2. The Morgan fingerprint density at radius 3 is 2.17 bits per heavy atom. The van der Waals surface area contributed by atoms with Crippen molar-refractivity contribution < 1.29 is 37.3 Å². The number of ether oxygens (including phenoxy) is 2. The average molecular weight is 425 g/mol. The molecule has 1 amide bonds.